The van der Waals surface area contributed by atoms with Gasteiger partial charge in [-0.1, -0.05) is 6.42 Å². The molecule has 0 spiro atoms. The van der Waals surface area contributed by atoms with E-state index in [0.717, 1.165) is 6.04 Å². The Kier molecular flexibility index (Phi) is 2.37. The van der Waals surface area contributed by atoms with Crippen molar-refractivity contribution < 1.29 is 0 Å². The highest BCUT2D eigenvalue weighted by Crippen LogP contribution is 2.29. The zero-order valence-electron chi connectivity index (χ0n) is 9.21. The molecular weight excluding hydrogens is 160 g/mol. The topological polar surface area (TPSA) is 6.48 Å². The fraction of sp³-hybridized carbons (Fsp3) is 1.00. The summed E-state index contributed by atoms with van der Waals surface area (Å²) in [5.74, 6) is 0. The van der Waals surface area contributed by atoms with E-state index in [4.69, 9.17) is 0 Å². The zero-order valence-corrected chi connectivity index (χ0v) is 9.21. The van der Waals surface area contributed by atoms with Gasteiger partial charge in [-0.25, -0.2) is 0 Å². The Bertz CT molecular complexity index is 185. The minimum Gasteiger partial charge on any atom is -0.299 e. The Morgan fingerprint density at radius 3 is 2.31 bits per heavy atom. The van der Waals surface area contributed by atoms with Crippen molar-refractivity contribution in [1.82, 2.24) is 9.80 Å². The minimum atomic E-state index is 0.383. The summed E-state index contributed by atoms with van der Waals surface area (Å²) in [5.41, 5.74) is 0.383. The Morgan fingerprint density at radius 2 is 1.85 bits per heavy atom. The van der Waals surface area contributed by atoms with Crippen LogP contribution < -0.4 is 0 Å². The molecule has 0 bridgehead atoms. The van der Waals surface area contributed by atoms with E-state index in [1.807, 2.05) is 0 Å². The summed E-state index contributed by atoms with van der Waals surface area (Å²) >= 11 is 0. The highest BCUT2D eigenvalue weighted by molar-refractivity contribution is 4.92. The first-order valence-corrected chi connectivity index (χ1v) is 5.55. The summed E-state index contributed by atoms with van der Waals surface area (Å²) in [6.07, 6.45) is 4.34. The second kappa shape index (κ2) is 3.25. The molecule has 0 aromatic heterocycles. The number of hydrogen-bond donors (Lipinski definition) is 0. The van der Waals surface area contributed by atoms with Crippen LogP contribution in [0.1, 0.15) is 33.1 Å². The van der Waals surface area contributed by atoms with Crippen LogP contribution in [0.15, 0.2) is 0 Å². The lowest BCUT2D eigenvalue weighted by Crippen LogP contribution is -2.60. The predicted octanol–water partition coefficient (Wildman–Crippen LogP) is 1.56. The van der Waals surface area contributed by atoms with Crippen molar-refractivity contribution in [1.29, 1.82) is 0 Å². The molecule has 0 N–H and O–H groups in total. The van der Waals surface area contributed by atoms with E-state index in [9.17, 15) is 0 Å². The Balaban J connectivity index is 1.94. The van der Waals surface area contributed by atoms with Crippen molar-refractivity contribution in [2.24, 2.45) is 0 Å². The zero-order chi connectivity index (χ0) is 9.47. The molecule has 2 heteroatoms. The Hall–Kier alpha value is -0.0800. The summed E-state index contributed by atoms with van der Waals surface area (Å²) in [6, 6.07) is 0.924. The van der Waals surface area contributed by atoms with Gasteiger partial charge in [0.1, 0.15) is 0 Å². The molecule has 2 rings (SSSR count). The molecule has 1 saturated carbocycles. The van der Waals surface area contributed by atoms with Crippen molar-refractivity contribution in [2.75, 3.05) is 26.7 Å². The Morgan fingerprint density at radius 1 is 1.15 bits per heavy atom. The summed E-state index contributed by atoms with van der Waals surface area (Å²) < 4.78 is 0. The third kappa shape index (κ3) is 1.75. The summed E-state index contributed by atoms with van der Waals surface area (Å²) in [6.45, 7) is 8.50. The molecule has 1 heterocycles. The number of hydrogen-bond acceptors (Lipinski definition) is 2. The lowest BCUT2D eigenvalue weighted by molar-refractivity contribution is -0.00285. The van der Waals surface area contributed by atoms with Gasteiger partial charge in [0, 0.05) is 31.2 Å². The fourth-order valence-corrected chi connectivity index (χ4v) is 2.34. The fourth-order valence-electron chi connectivity index (χ4n) is 2.34. The molecule has 0 aromatic carbocycles. The molecule has 1 aliphatic heterocycles. The average Bonchev–Trinajstić information content (AvgIpc) is 1.92. The van der Waals surface area contributed by atoms with E-state index >= 15 is 0 Å². The van der Waals surface area contributed by atoms with Crippen LogP contribution in [0.25, 0.3) is 0 Å². The van der Waals surface area contributed by atoms with Gasteiger partial charge in [0.25, 0.3) is 0 Å². The molecule has 1 saturated heterocycles. The molecule has 13 heavy (non-hydrogen) atoms. The first kappa shape index (κ1) is 9.47. The van der Waals surface area contributed by atoms with Gasteiger partial charge < -0.3 is 0 Å². The minimum absolute atomic E-state index is 0.383. The van der Waals surface area contributed by atoms with Gasteiger partial charge in [-0.2, -0.15) is 0 Å². The quantitative estimate of drug-likeness (QED) is 0.607. The first-order valence-electron chi connectivity index (χ1n) is 5.55. The number of likely N-dealkylation sites (N-methyl/N-ethyl adjacent to an activating group) is 1. The molecule has 2 aliphatic rings. The monoisotopic (exact) mass is 182 g/mol. The van der Waals surface area contributed by atoms with Gasteiger partial charge in [-0.3, -0.25) is 9.80 Å². The van der Waals surface area contributed by atoms with E-state index < -0.39 is 0 Å². The standard InChI is InChI=1S/C11H22N2/c1-11(2)9-13(8-7-12(11)3)10-5-4-6-10/h10H,4-9H2,1-3H3. The van der Waals surface area contributed by atoms with Crippen molar-refractivity contribution in [3.05, 3.63) is 0 Å². The molecular formula is C11H22N2. The molecule has 1 aliphatic carbocycles. The largest absolute Gasteiger partial charge is 0.299 e. The molecule has 0 radical (unpaired) electrons. The Labute approximate surface area is 81.9 Å². The van der Waals surface area contributed by atoms with E-state index in [1.54, 1.807) is 0 Å². The van der Waals surface area contributed by atoms with Gasteiger partial charge in [0.15, 0.2) is 0 Å². The lowest BCUT2D eigenvalue weighted by atomic mass is 9.88. The van der Waals surface area contributed by atoms with Crippen LogP contribution in [0.3, 0.4) is 0 Å². The van der Waals surface area contributed by atoms with Crippen molar-refractivity contribution in [3.63, 3.8) is 0 Å². The van der Waals surface area contributed by atoms with Crippen LogP contribution >= 0.6 is 0 Å². The smallest absolute Gasteiger partial charge is 0.0277 e. The SMILES string of the molecule is CN1CCN(C2CCC2)CC1(C)C. The highest BCUT2D eigenvalue weighted by atomic mass is 15.3. The molecule has 0 unspecified atom stereocenters. The number of piperazine rings is 1. The second-order valence-electron chi connectivity index (χ2n) is 5.29. The third-order valence-electron chi connectivity index (χ3n) is 3.94. The maximum atomic E-state index is 2.70. The molecule has 2 nitrogen and oxygen atoms in total. The van der Waals surface area contributed by atoms with Gasteiger partial charge in [0.2, 0.25) is 0 Å². The molecule has 2 fully saturated rings. The van der Waals surface area contributed by atoms with Crippen LogP contribution in [0, 0.1) is 0 Å². The first-order chi connectivity index (χ1) is 6.09. The third-order valence-corrected chi connectivity index (χ3v) is 3.94. The van der Waals surface area contributed by atoms with E-state index in [-0.39, 0.29) is 0 Å². The molecule has 76 valence electrons. The maximum absolute atomic E-state index is 2.70. The van der Waals surface area contributed by atoms with E-state index in [0.29, 0.717) is 5.54 Å². The van der Waals surface area contributed by atoms with Crippen LogP contribution in [-0.2, 0) is 0 Å². The second-order valence-corrected chi connectivity index (χ2v) is 5.29. The van der Waals surface area contributed by atoms with Crippen molar-refractivity contribution >= 4 is 0 Å². The molecule has 0 amide bonds. The predicted molar refractivity (Wildman–Crippen MR) is 55.9 cm³/mol. The van der Waals surface area contributed by atoms with Gasteiger partial charge in [-0.15, -0.1) is 0 Å². The summed E-state index contributed by atoms with van der Waals surface area (Å²) in [7, 11) is 2.25. The van der Waals surface area contributed by atoms with E-state index in [2.05, 4.69) is 30.7 Å². The van der Waals surface area contributed by atoms with Crippen molar-refractivity contribution in [3.8, 4) is 0 Å². The van der Waals surface area contributed by atoms with Gasteiger partial charge in [-0.05, 0) is 33.7 Å². The van der Waals surface area contributed by atoms with Crippen LogP contribution in [0.2, 0.25) is 0 Å². The van der Waals surface area contributed by atoms with Crippen LogP contribution in [-0.4, -0.2) is 48.1 Å². The van der Waals surface area contributed by atoms with Crippen LogP contribution in [0.5, 0.6) is 0 Å². The van der Waals surface area contributed by atoms with Gasteiger partial charge in [0.05, 0.1) is 0 Å². The maximum Gasteiger partial charge on any atom is 0.0277 e. The average molecular weight is 182 g/mol. The normalized spacial score (nSPS) is 31.6. The van der Waals surface area contributed by atoms with Crippen molar-refractivity contribution in [2.45, 2.75) is 44.7 Å². The molecule has 0 atom stereocenters. The summed E-state index contributed by atoms with van der Waals surface area (Å²) in [5, 5.41) is 0. The highest BCUT2D eigenvalue weighted by Gasteiger charge is 2.35. The number of rotatable bonds is 1. The lowest BCUT2D eigenvalue weighted by Gasteiger charge is -2.50. The van der Waals surface area contributed by atoms with Crippen LogP contribution in [0.4, 0.5) is 0 Å². The number of nitrogens with zero attached hydrogens (tertiary/aromatic N) is 2. The van der Waals surface area contributed by atoms with Gasteiger partial charge >= 0.3 is 0 Å². The summed E-state index contributed by atoms with van der Waals surface area (Å²) in [4.78, 5) is 5.19. The van der Waals surface area contributed by atoms with E-state index in [1.165, 1.54) is 38.9 Å². The molecule has 0 aromatic rings.